The van der Waals surface area contributed by atoms with Gasteiger partial charge in [0.05, 0.1) is 26.1 Å². The Balaban J connectivity index is 1.67. The van der Waals surface area contributed by atoms with E-state index in [4.69, 9.17) is 20.2 Å². The van der Waals surface area contributed by atoms with E-state index in [0.29, 0.717) is 46.5 Å². The second kappa shape index (κ2) is 9.26. The number of ether oxygens (including phenoxy) is 2. The molecule has 0 unspecified atom stereocenters. The van der Waals surface area contributed by atoms with Crippen molar-refractivity contribution in [1.82, 2.24) is 29.9 Å². The first kappa shape index (κ1) is 22.1. The monoisotopic (exact) mass is 468 g/mol. The summed E-state index contributed by atoms with van der Waals surface area (Å²) in [6.07, 6.45) is 5.12. The van der Waals surface area contributed by atoms with Crippen LogP contribution in [0.15, 0.2) is 55.1 Å². The van der Waals surface area contributed by atoms with E-state index >= 15 is 0 Å². The van der Waals surface area contributed by atoms with Crippen LogP contribution in [-0.2, 0) is 6.54 Å². The van der Waals surface area contributed by atoms with E-state index in [9.17, 15) is 0 Å². The molecule has 0 aliphatic carbocycles. The Bertz CT molecular complexity index is 1480. The van der Waals surface area contributed by atoms with Crippen LogP contribution in [0.25, 0.3) is 33.5 Å². The first-order valence-electron chi connectivity index (χ1n) is 10.9. The number of aromatic nitrogens is 6. The number of fused-ring (bicyclic) bond motifs is 1. The summed E-state index contributed by atoms with van der Waals surface area (Å²) in [5, 5.41) is 3.45. The summed E-state index contributed by atoms with van der Waals surface area (Å²) in [4.78, 5) is 25.5. The van der Waals surface area contributed by atoms with Crippen LogP contribution in [0.2, 0.25) is 0 Å². The van der Waals surface area contributed by atoms with Crippen molar-refractivity contribution in [2.24, 2.45) is 0 Å². The van der Waals surface area contributed by atoms with E-state index in [-0.39, 0.29) is 0 Å². The third-order valence-electron chi connectivity index (χ3n) is 5.63. The lowest BCUT2D eigenvalue weighted by atomic mass is 9.94. The number of nitrogens with one attached hydrogen (secondary N) is 2. The fraction of sp³-hybridized carbons (Fsp3) is 0.160. The highest BCUT2D eigenvalue weighted by molar-refractivity contribution is 5.98. The molecular formula is C25H24N8O2. The Morgan fingerprint density at radius 1 is 0.914 bits per heavy atom. The van der Waals surface area contributed by atoms with Gasteiger partial charge in [-0.1, -0.05) is 0 Å². The molecule has 0 amide bonds. The number of aromatic amines is 1. The van der Waals surface area contributed by atoms with Gasteiger partial charge in [-0.05, 0) is 42.8 Å². The molecule has 0 spiro atoms. The van der Waals surface area contributed by atoms with E-state index in [1.54, 1.807) is 32.9 Å². The third-order valence-corrected chi connectivity index (χ3v) is 5.63. The lowest BCUT2D eigenvalue weighted by Gasteiger charge is -2.18. The molecule has 0 fully saturated rings. The Labute approximate surface area is 201 Å². The quantitative estimate of drug-likeness (QED) is 0.324. The van der Waals surface area contributed by atoms with Gasteiger partial charge in [0.15, 0.2) is 5.65 Å². The molecule has 5 aromatic rings. The minimum atomic E-state index is 0.345. The number of imidazole rings is 1. The maximum absolute atomic E-state index is 6.48. The molecule has 0 atom stereocenters. The standard InChI is InChI=1S/C25H24N8O2/c1-14-32-22(23-25(33-14)31-13-30-23)21-20(15-4-9-19(35-3)28-10-15)16(12-29-24(21)26)11-27-17-5-7-18(34-2)8-6-17/h4-10,12-13,27H,11H2,1-3H3,(H2,26,29)(H,30,31,32,33). The summed E-state index contributed by atoms with van der Waals surface area (Å²) >= 11 is 0. The van der Waals surface area contributed by atoms with Gasteiger partial charge in [0, 0.05) is 41.8 Å². The van der Waals surface area contributed by atoms with Crippen molar-refractivity contribution >= 4 is 22.7 Å². The van der Waals surface area contributed by atoms with Crippen molar-refractivity contribution in [1.29, 1.82) is 0 Å². The molecule has 5 rings (SSSR count). The maximum Gasteiger partial charge on any atom is 0.212 e. The van der Waals surface area contributed by atoms with Crippen LogP contribution in [0.1, 0.15) is 11.4 Å². The average molecular weight is 469 g/mol. The zero-order valence-corrected chi connectivity index (χ0v) is 19.5. The van der Waals surface area contributed by atoms with Crippen molar-refractivity contribution < 1.29 is 9.47 Å². The van der Waals surface area contributed by atoms with E-state index in [1.165, 1.54) is 0 Å². The maximum atomic E-state index is 6.48. The van der Waals surface area contributed by atoms with Gasteiger partial charge in [-0.25, -0.2) is 24.9 Å². The number of benzene rings is 1. The number of H-pyrrole nitrogens is 1. The average Bonchev–Trinajstić information content (AvgIpc) is 3.36. The van der Waals surface area contributed by atoms with Gasteiger partial charge in [-0.3, -0.25) is 0 Å². The van der Waals surface area contributed by atoms with Crippen LogP contribution >= 0.6 is 0 Å². The van der Waals surface area contributed by atoms with Gasteiger partial charge < -0.3 is 25.5 Å². The number of rotatable bonds is 7. The molecule has 10 nitrogen and oxygen atoms in total. The van der Waals surface area contributed by atoms with Crippen LogP contribution in [0.4, 0.5) is 11.5 Å². The van der Waals surface area contributed by atoms with Gasteiger partial charge in [0.1, 0.15) is 28.6 Å². The summed E-state index contributed by atoms with van der Waals surface area (Å²) in [7, 11) is 3.23. The van der Waals surface area contributed by atoms with Crippen molar-refractivity contribution in [3.8, 4) is 34.0 Å². The van der Waals surface area contributed by atoms with Crippen LogP contribution in [0, 0.1) is 6.92 Å². The first-order chi connectivity index (χ1) is 17.1. The molecule has 10 heteroatoms. The number of hydrogen-bond acceptors (Lipinski definition) is 9. The zero-order valence-electron chi connectivity index (χ0n) is 19.5. The number of nitrogens with zero attached hydrogens (tertiary/aromatic N) is 5. The number of hydrogen-bond donors (Lipinski definition) is 3. The van der Waals surface area contributed by atoms with Gasteiger partial charge in [0.25, 0.3) is 0 Å². The van der Waals surface area contributed by atoms with E-state index in [2.05, 4.69) is 30.2 Å². The predicted molar refractivity (Wildman–Crippen MR) is 134 cm³/mol. The summed E-state index contributed by atoms with van der Waals surface area (Å²) in [6, 6.07) is 11.5. The van der Waals surface area contributed by atoms with Crippen molar-refractivity contribution in [3.05, 3.63) is 66.5 Å². The minimum Gasteiger partial charge on any atom is -0.497 e. The summed E-state index contributed by atoms with van der Waals surface area (Å²) in [5.74, 6) is 2.24. The third kappa shape index (κ3) is 4.29. The SMILES string of the molecule is COc1ccc(NCc2cnc(N)c(-c3nc(C)nc4nc[nH]c34)c2-c2ccc(OC)nc2)cc1. The largest absolute Gasteiger partial charge is 0.497 e. The smallest absolute Gasteiger partial charge is 0.212 e. The van der Waals surface area contributed by atoms with Crippen LogP contribution in [0.5, 0.6) is 11.6 Å². The lowest BCUT2D eigenvalue weighted by Crippen LogP contribution is -2.07. The van der Waals surface area contributed by atoms with E-state index < -0.39 is 0 Å². The Kier molecular flexibility index (Phi) is 5.84. The second-order valence-electron chi connectivity index (χ2n) is 7.81. The second-order valence-corrected chi connectivity index (χ2v) is 7.81. The normalized spacial score (nSPS) is 10.9. The zero-order chi connectivity index (χ0) is 24.4. The fourth-order valence-corrected chi connectivity index (χ4v) is 3.95. The Hall–Kier alpha value is -4.73. The molecule has 35 heavy (non-hydrogen) atoms. The highest BCUT2D eigenvalue weighted by Gasteiger charge is 2.22. The van der Waals surface area contributed by atoms with Crippen molar-refractivity contribution in [3.63, 3.8) is 0 Å². The molecular weight excluding hydrogens is 444 g/mol. The molecule has 4 aromatic heterocycles. The molecule has 0 bridgehead atoms. The fourth-order valence-electron chi connectivity index (χ4n) is 3.95. The first-order valence-corrected chi connectivity index (χ1v) is 10.9. The lowest BCUT2D eigenvalue weighted by molar-refractivity contribution is 0.398. The molecule has 4 N–H and O–H groups in total. The van der Waals surface area contributed by atoms with Gasteiger partial charge in [-0.2, -0.15) is 0 Å². The molecule has 1 aromatic carbocycles. The topological polar surface area (TPSA) is 137 Å². The number of pyridine rings is 2. The molecule has 0 saturated carbocycles. The molecule has 0 saturated heterocycles. The summed E-state index contributed by atoms with van der Waals surface area (Å²) in [6.45, 7) is 2.31. The van der Waals surface area contributed by atoms with E-state index in [1.807, 2.05) is 43.3 Å². The van der Waals surface area contributed by atoms with Gasteiger partial charge >= 0.3 is 0 Å². The number of nitrogens with two attached hydrogens (primary N) is 1. The Morgan fingerprint density at radius 2 is 1.74 bits per heavy atom. The van der Waals surface area contributed by atoms with Crippen LogP contribution < -0.4 is 20.5 Å². The van der Waals surface area contributed by atoms with Crippen LogP contribution in [0.3, 0.4) is 0 Å². The number of aryl methyl sites for hydroxylation is 1. The highest BCUT2D eigenvalue weighted by atomic mass is 16.5. The Morgan fingerprint density at radius 3 is 2.46 bits per heavy atom. The van der Waals surface area contributed by atoms with Crippen molar-refractivity contribution in [2.45, 2.75) is 13.5 Å². The molecule has 0 radical (unpaired) electrons. The highest BCUT2D eigenvalue weighted by Crippen LogP contribution is 2.39. The number of anilines is 2. The molecule has 0 aliphatic heterocycles. The summed E-state index contributed by atoms with van der Waals surface area (Å²) < 4.78 is 10.5. The van der Waals surface area contributed by atoms with E-state index in [0.717, 1.165) is 28.1 Å². The van der Waals surface area contributed by atoms with Gasteiger partial charge in [0.2, 0.25) is 5.88 Å². The predicted octanol–water partition coefficient (Wildman–Crippen LogP) is 4.00. The molecule has 4 heterocycles. The minimum absolute atomic E-state index is 0.345. The molecule has 0 aliphatic rings. The van der Waals surface area contributed by atoms with Crippen LogP contribution in [-0.4, -0.2) is 44.1 Å². The van der Waals surface area contributed by atoms with Crippen molar-refractivity contribution in [2.75, 3.05) is 25.3 Å². The number of methoxy groups -OCH3 is 2. The number of nitrogen functional groups attached to an aromatic ring is 1. The van der Waals surface area contributed by atoms with Gasteiger partial charge in [-0.15, -0.1) is 0 Å². The molecule has 176 valence electrons. The summed E-state index contributed by atoms with van der Waals surface area (Å²) in [5.41, 5.74) is 12.6.